The fourth-order valence-electron chi connectivity index (χ4n) is 2.37. The van der Waals surface area contributed by atoms with Gasteiger partial charge in [-0.05, 0) is 29.7 Å². The van der Waals surface area contributed by atoms with Crippen LogP contribution in [0.25, 0.3) is 11.0 Å². The minimum atomic E-state index is -1.04. The number of hydrogen-bond acceptors (Lipinski definition) is 3. The van der Waals surface area contributed by atoms with Crippen LogP contribution in [-0.2, 0) is 22.4 Å². The monoisotopic (exact) mass is 275 g/mol. The topological polar surface area (TPSA) is 79.5 Å². The average Bonchev–Trinajstić information content (AvgIpc) is 2.86. The van der Waals surface area contributed by atoms with Crippen LogP contribution in [0.1, 0.15) is 25.0 Å². The number of aryl methyl sites for hydroxylation is 1. The van der Waals surface area contributed by atoms with Gasteiger partial charge in [0, 0.05) is 18.7 Å². The van der Waals surface area contributed by atoms with E-state index in [4.69, 9.17) is 4.42 Å². The Kier molecular flexibility index (Phi) is 4.08. The Morgan fingerprint density at radius 1 is 1.35 bits per heavy atom. The fourth-order valence-corrected chi connectivity index (χ4v) is 2.37. The molecule has 2 N–H and O–H groups in total. The summed E-state index contributed by atoms with van der Waals surface area (Å²) in [4.78, 5) is 22.4. The number of carbonyl (C=O) groups is 2. The molecule has 1 aromatic carbocycles. The van der Waals surface area contributed by atoms with Gasteiger partial charge in [-0.15, -0.1) is 0 Å². The standard InChI is InChI=1S/C15H17NO4/c1-3-10-4-5-14-11(6-7-20-14)12(10)8-13(15(18)19)16-9(2)17/h4-7,13H,3,8H2,1-2H3,(H,16,17)(H,18,19). The van der Waals surface area contributed by atoms with E-state index in [9.17, 15) is 14.7 Å². The number of benzene rings is 1. The highest BCUT2D eigenvalue weighted by molar-refractivity contribution is 5.85. The zero-order valence-corrected chi connectivity index (χ0v) is 11.5. The molecule has 5 heteroatoms. The van der Waals surface area contributed by atoms with E-state index in [1.54, 1.807) is 6.26 Å². The van der Waals surface area contributed by atoms with Crippen molar-refractivity contribution >= 4 is 22.8 Å². The first-order chi connectivity index (χ1) is 9.52. The van der Waals surface area contributed by atoms with Crippen molar-refractivity contribution in [2.45, 2.75) is 32.7 Å². The molecule has 0 aliphatic carbocycles. The van der Waals surface area contributed by atoms with Crippen molar-refractivity contribution in [3.63, 3.8) is 0 Å². The molecule has 1 heterocycles. The Labute approximate surface area is 116 Å². The third-order valence-electron chi connectivity index (χ3n) is 3.31. The molecule has 0 radical (unpaired) electrons. The van der Waals surface area contributed by atoms with Gasteiger partial charge in [0.15, 0.2) is 0 Å². The quantitative estimate of drug-likeness (QED) is 0.876. The zero-order chi connectivity index (χ0) is 14.7. The summed E-state index contributed by atoms with van der Waals surface area (Å²) < 4.78 is 5.35. The molecular weight excluding hydrogens is 258 g/mol. The number of fused-ring (bicyclic) bond motifs is 1. The third kappa shape index (κ3) is 2.82. The first-order valence-electron chi connectivity index (χ1n) is 6.50. The van der Waals surface area contributed by atoms with Gasteiger partial charge in [-0.1, -0.05) is 13.0 Å². The van der Waals surface area contributed by atoms with E-state index in [-0.39, 0.29) is 12.3 Å². The summed E-state index contributed by atoms with van der Waals surface area (Å²) in [5.74, 6) is -1.39. The number of hydrogen-bond donors (Lipinski definition) is 2. The van der Waals surface area contributed by atoms with Crippen LogP contribution < -0.4 is 5.32 Å². The normalized spacial score (nSPS) is 12.3. The Hall–Kier alpha value is -2.30. The van der Waals surface area contributed by atoms with E-state index in [0.29, 0.717) is 0 Å². The third-order valence-corrected chi connectivity index (χ3v) is 3.31. The van der Waals surface area contributed by atoms with Gasteiger partial charge >= 0.3 is 5.97 Å². The number of amides is 1. The summed E-state index contributed by atoms with van der Waals surface area (Å²) in [5, 5.41) is 12.6. The van der Waals surface area contributed by atoms with E-state index in [1.165, 1.54) is 6.92 Å². The molecule has 1 atom stereocenters. The predicted molar refractivity (Wildman–Crippen MR) is 74.5 cm³/mol. The predicted octanol–water partition coefficient (Wildman–Crippen LogP) is 2.13. The highest BCUT2D eigenvalue weighted by Crippen LogP contribution is 2.25. The minimum Gasteiger partial charge on any atom is -0.480 e. The Morgan fingerprint density at radius 3 is 2.70 bits per heavy atom. The molecule has 2 aromatic rings. The van der Waals surface area contributed by atoms with Crippen LogP contribution >= 0.6 is 0 Å². The summed E-state index contributed by atoms with van der Waals surface area (Å²) in [5.41, 5.74) is 2.71. The van der Waals surface area contributed by atoms with Crippen molar-refractivity contribution in [3.8, 4) is 0 Å². The second kappa shape index (κ2) is 5.77. The van der Waals surface area contributed by atoms with E-state index >= 15 is 0 Å². The Bertz CT molecular complexity index is 644. The van der Waals surface area contributed by atoms with Crippen molar-refractivity contribution in [2.24, 2.45) is 0 Å². The second-order valence-corrected chi connectivity index (χ2v) is 4.68. The van der Waals surface area contributed by atoms with E-state index in [0.717, 1.165) is 28.5 Å². The van der Waals surface area contributed by atoms with E-state index in [1.807, 2.05) is 25.1 Å². The number of carboxylic acids is 1. The van der Waals surface area contributed by atoms with Gasteiger partial charge < -0.3 is 14.8 Å². The van der Waals surface area contributed by atoms with Gasteiger partial charge in [0.2, 0.25) is 5.91 Å². The largest absolute Gasteiger partial charge is 0.480 e. The molecule has 106 valence electrons. The molecule has 1 unspecified atom stereocenters. The molecule has 0 fully saturated rings. The summed E-state index contributed by atoms with van der Waals surface area (Å²) in [6.07, 6.45) is 2.62. The summed E-state index contributed by atoms with van der Waals surface area (Å²) in [6.45, 7) is 3.33. The number of carbonyl (C=O) groups excluding carboxylic acids is 1. The second-order valence-electron chi connectivity index (χ2n) is 4.68. The van der Waals surface area contributed by atoms with Gasteiger partial charge in [0.05, 0.1) is 6.26 Å². The number of furan rings is 1. The first-order valence-corrected chi connectivity index (χ1v) is 6.50. The molecule has 2 rings (SSSR count). The van der Waals surface area contributed by atoms with Gasteiger partial charge in [-0.2, -0.15) is 0 Å². The van der Waals surface area contributed by atoms with Crippen LogP contribution in [0.5, 0.6) is 0 Å². The summed E-state index contributed by atoms with van der Waals surface area (Å²) >= 11 is 0. The number of carboxylic acid groups (broad SMARTS) is 1. The van der Waals surface area contributed by atoms with Crippen LogP contribution in [0, 0.1) is 0 Å². The number of rotatable bonds is 5. The number of aliphatic carboxylic acids is 1. The molecule has 1 aromatic heterocycles. The lowest BCUT2D eigenvalue weighted by atomic mass is 9.95. The van der Waals surface area contributed by atoms with Gasteiger partial charge in [0.1, 0.15) is 11.6 Å². The highest BCUT2D eigenvalue weighted by atomic mass is 16.4. The lowest BCUT2D eigenvalue weighted by Gasteiger charge is -2.16. The average molecular weight is 275 g/mol. The summed E-state index contributed by atoms with van der Waals surface area (Å²) in [7, 11) is 0. The van der Waals surface area contributed by atoms with Crippen LogP contribution in [0.3, 0.4) is 0 Å². The fraction of sp³-hybridized carbons (Fsp3) is 0.333. The first kappa shape index (κ1) is 14.1. The molecule has 0 saturated carbocycles. The molecule has 0 saturated heterocycles. The van der Waals surface area contributed by atoms with E-state index in [2.05, 4.69) is 5.32 Å². The van der Waals surface area contributed by atoms with Crippen molar-refractivity contribution in [2.75, 3.05) is 0 Å². The lowest BCUT2D eigenvalue weighted by Crippen LogP contribution is -2.41. The molecule has 20 heavy (non-hydrogen) atoms. The van der Waals surface area contributed by atoms with Gasteiger partial charge in [-0.25, -0.2) is 4.79 Å². The smallest absolute Gasteiger partial charge is 0.326 e. The maximum absolute atomic E-state index is 11.3. The zero-order valence-electron chi connectivity index (χ0n) is 11.5. The van der Waals surface area contributed by atoms with E-state index < -0.39 is 12.0 Å². The minimum absolute atomic E-state index is 0.245. The Morgan fingerprint density at radius 2 is 2.10 bits per heavy atom. The summed E-state index contributed by atoms with van der Waals surface area (Å²) in [6, 6.07) is 4.72. The molecule has 5 nitrogen and oxygen atoms in total. The van der Waals surface area contributed by atoms with Gasteiger partial charge in [-0.3, -0.25) is 4.79 Å². The van der Waals surface area contributed by atoms with Crippen LogP contribution in [0.2, 0.25) is 0 Å². The van der Waals surface area contributed by atoms with Crippen molar-refractivity contribution < 1.29 is 19.1 Å². The highest BCUT2D eigenvalue weighted by Gasteiger charge is 2.21. The maximum Gasteiger partial charge on any atom is 0.326 e. The molecule has 0 aliphatic heterocycles. The SMILES string of the molecule is CCc1ccc2occc2c1CC(NC(C)=O)C(=O)O. The lowest BCUT2D eigenvalue weighted by molar-refractivity contribution is -0.141. The maximum atomic E-state index is 11.3. The molecular formula is C15H17NO4. The number of nitrogens with one attached hydrogen (secondary N) is 1. The van der Waals surface area contributed by atoms with Gasteiger partial charge in [0.25, 0.3) is 0 Å². The van der Waals surface area contributed by atoms with Crippen LogP contribution in [-0.4, -0.2) is 23.0 Å². The van der Waals surface area contributed by atoms with Crippen molar-refractivity contribution in [1.82, 2.24) is 5.32 Å². The molecule has 0 spiro atoms. The Balaban J connectivity index is 2.42. The van der Waals surface area contributed by atoms with Crippen molar-refractivity contribution in [3.05, 3.63) is 35.6 Å². The molecule has 0 bridgehead atoms. The van der Waals surface area contributed by atoms with Crippen LogP contribution in [0.4, 0.5) is 0 Å². The van der Waals surface area contributed by atoms with Crippen molar-refractivity contribution in [1.29, 1.82) is 0 Å². The molecule has 0 aliphatic rings. The van der Waals surface area contributed by atoms with Crippen LogP contribution in [0.15, 0.2) is 28.9 Å². The molecule has 1 amide bonds.